The standard InChI is InChI=1S/C22H24FNO4S/c1-15-13-19(28-12-2-3-21(26)27)9-6-16(15)10-11-24-20(25)14-29-22(24)17-4-7-18(23)8-5-17/h4-9,13,22H,2-3,10-12,14H2,1H3,(H,26,27). The van der Waals surface area contributed by atoms with Crippen LogP contribution in [0.15, 0.2) is 42.5 Å². The Morgan fingerprint density at radius 2 is 2.03 bits per heavy atom. The first-order valence-corrected chi connectivity index (χ1v) is 10.6. The van der Waals surface area contributed by atoms with Gasteiger partial charge in [0.05, 0.1) is 12.4 Å². The number of carboxylic acids is 1. The summed E-state index contributed by atoms with van der Waals surface area (Å²) in [5.41, 5.74) is 3.13. The molecule has 1 aliphatic rings. The summed E-state index contributed by atoms with van der Waals surface area (Å²) in [6, 6.07) is 12.1. The van der Waals surface area contributed by atoms with Crippen molar-refractivity contribution < 1.29 is 23.8 Å². The number of rotatable bonds is 9. The summed E-state index contributed by atoms with van der Waals surface area (Å²) in [7, 11) is 0. The zero-order valence-electron chi connectivity index (χ0n) is 16.3. The average Bonchev–Trinajstić information content (AvgIpc) is 3.05. The smallest absolute Gasteiger partial charge is 0.303 e. The number of carbonyl (C=O) groups excluding carboxylic acids is 1. The number of hydrogen-bond acceptors (Lipinski definition) is 4. The number of carbonyl (C=O) groups is 2. The lowest BCUT2D eigenvalue weighted by atomic mass is 10.0. The molecule has 1 saturated heterocycles. The third kappa shape index (κ3) is 5.73. The summed E-state index contributed by atoms with van der Waals surface area (Å²) in [5, 5.41) is 8.58. The largest absolute Gasteiger partial charge is 0.494 e. The lowest BCUT2D eigenvalue weighted by Crippen LogP contribution is -2.30. The van der Waals surface area contributed by atoms with Gasteiger partial charge in [-0.15, -0.1) is 11.8 Å². The fourth-order valence-electron chi connectivity index (χ4n) is 3.29. The van der Waals surface area contributed by atoms with E-state index in [2.05, 4.69) is 0 Å². The van der Waals surface area contributed by atoms with Gasteiger partial charge in [-0.2, -0.15) is 0 Å². The number of aryl methyl sites for hydroxylation is 1. The van der Waals surface area contributed by atoms with E-state index in [1.807, 2.05) is 30.0 Å². The molecular formula is C22H24FNO4S. The van der Waals surface area contributed by atoms with Crippen LogP contribution in [0.2, 0.25) is 0 Å². The van der Waals surface area contributed by atoms with E-state index < -0.39 is 5.97 Å². The number of halogens is 1. The van der Waals surface area contributed by atoms with Crippen molar-refractivity contribution in [1.29, 1.82) is 0 Å². The second-order valence-electron chi connectivity index (χ2n) is 6.99. The van der Waals surface area contributed by atoms with Crippen LogP contribution in [0, 0.1) is 12.7 Å². The zero-order valence-corrected chi connectivity index (χ0v) is 17.1. The maximum atomic E-state index is 13.2. The minimum Gasteiger partial charge on any atom is -0.494 e. The van der Waals surface area contributed by atoms with Crippen molar-refractivity contribution in [2.24, 2.45) is 0 Å². The Hall–Kier alpha value is -2.54. The second kappa shape index (κ2) is 9.78. The molecule has 1 unspecified atom stereocenters. The van der Waals surface area contributed by atoms with Crippen LogP contribution < -0.4 is 4.74 Å². The van der Waals surface area contributed by atoms with Gasteiger partial charge in [-0.1, -0.05) is 18.2 Å². The maximum absolute atomic E-state index is 13.2. The van der Waals surface area contributed by atoms with E-state index in [-0.39, 0.29) is 23.5 Å². The molecule has 1 atom stereocenters. The van der Waals surface area contributed by atoms with Gasteiger partial charge in [-0.05, 0) is 60.7 Å². The quantitative estimate of drug-likeness (QED) is 0.620. The first kappa shape index (κ1) is 21.2. The van der Waals surface area contributed by atoms with Crippen LogP contribution in [-0.2, 0) is 16.0 Å². The molecule has 0 radical (unpaired) electrons. The summed E-state index contributed by atoms with van der Waals surface area (Å²) in [6.07, 6.45) is 1.28. The Balaban J connectivity index is 1.58. The third-order valence-electron chi connectivity index (χ3n) is 4.86. The van der Waals surface area contributed by atoms with E-state index in [9.17, 15) is 14.0 Å². The first-order chi connectivity index (χ1) is 13.9. The number of aliphatic carboxylic acids is 1. The van der Waals surface area contributed by atoms with Gasteiger partial charge in [-0.3, -0.25) is 9.59 Å². The van der Waals surface area contributed by atoms with Crippen LogP contribution in [0.4, 0.5) is 4.39 Å². The maximum Gasteiger partial charge on any atom is 0.303 e. The molecule has 1 fully saturated rings. The van der Waals surface area contributed by atoms with Gasteiger partial charge in [0.2, 0.25) is 5.91 Å². The molecule has 1 aliphatic heterocycles. The Morgan fingerprint density at radius 1 is 1.28 bits per heavy atom. The zero-order chi connectivity index (χ0) is 20.8. The van der Waals surface area contributed by atoms with Gasteiger partial charge in [0.1, 0.15) is 16.9 Å². The minimum atomic E-state index is -0.825. The van der Waals surface area contributed by atoms with E-state index in [1.165, 1.54) is 12.1 Å². The van der Waals surface area contributed by atoms with Gasteiger partial charge in [-0.25, -0.2) is 4.39 Å². The predicted molar refractivity (Wildman–Crippen MR) is 111 cm³/mol. The predicted octanol–water partition coefficient (Wildman–Crippen LogP) is 4.19. The fraction of sp³-hybridized carbons (Fsp3) is 0.364. The van der Waals surface area contributed by atoms with Crippen LogP contribution in [0.3, 0.4) is 0 Å². The average molecular weight is 418 g/mol. The number of amides is 1. The molecule has 5 nitrogen and oxygen atoms in total. The third-order valence-corrected chi connectivity index (χ3v) is 6.12. The Labute approximate surface area is 173 Å². The van der Waals surface area contributed by atoms with Crippen LogP contribution in [-0.4, -0.2) is 40.8 Å². The van der Waals surface area contributed by atoms with Crippen molar-refractivity contribution in [3.05, 3.63) is 65.0 Å². The normalized spacial score (nSPS) is 16.3. The number of hydrogen-bond donors (Lipinski definition) is 1. The lowest BCUT2D eigenvalue weighted by Gasteiger charge is -2.24. The van der Waals surface area contributed by atoms with E-state index in [0.717, 1.165) is 23.1 Å². The van der Waals surface area contributed by atoms with Crippen molar-refractivity contribution in [1.82, 2.24) is 4.90 Å². The van der Waals surface area contributed by atoms with Crippen LogP contribution in [0.5, 0.6) is 5.75 Å². The molecule has 1 amide bonds. The van der Waals surface area contributed by atoms with Crippen molar-refractivity contribution >= 4 is 23.6 Å². The molecule has 1 heterocycles. The minimum absolute atomic E-state index is 0.0831. The number of nitrogens with zero attached hydrogens (tertiary/aromatic N) is 1. The molecule has 0 aromatic heterocycles. The highest BCUT2D eigenvalue weighted by Gasteiger charge is 2.32. The van der Waals surface area contributed by atoms with Gasteiger partial charge < -0.3 is 14.7 Å². The summed E-state index contributed by atoms with van der Waals surface area (Å²) in [5.74, 6) is 0.141. The summed E-state index contributed by atoms with van der Waals surface area (Å²) in [6.45, 7) is 2.95. The number of thioether (sulfide) groups is 1. The molecule has 29 heavy (non-hydrogen) atoms. The van der Waals surface area contributed by atoms with Crippen molar-refractivity contribution in [2.45, 2.75) is 31.6 Å². The summed E-state index contributed by atoms with van der Waals surface area (Å²) in [4.78, 5) is 24.7. The van der Waals surface area contributed by atoms with Gasteiger partial charge in [0.15, 0.2) is 0 Å². The monoisotopic (exact) mass is 417 g/mol. The fourth-order valence-corrected chi connectivity index (χ4v) is 4.51. The number of carboxylic acid groups (broad SMARTS) is 1. The molecule has 0 aliphatic carbocycles. The van der Waals surface area contributed by atoms with Gasteiger partial charge in [0, 0.05) is 13.0 Å². The SMILES string of the molecule is Cc1cc(OCCCC(=O)O)ccc1CCN1C(=O)CSC1c1ccc(F)cc1. The highest BCUT2D eigenvalue weighted by atomic mass is 32.2. The van der Waals surface area contributed by atoms with Crippen LogP contribution in [0.1, 0.15) is 34.9 Å². The molecule has 7 heteroatoms. The molecule has 1 N–H and O–H groups in total. The summed E-state index contributed by atoms with van der Waals surface area (Å²) < 4.78 is 18.8. The number of ether oxygens (including phenoxy) is 1. The van der Waals surface area contributed by atoms with Crippen molar-refractivity contribution in [3.63, 3.8) is 0 Å². The Bertz CT molecular complexity index is 872. The highest BCUT2D eigenvalue weighted by Crippen LogP contribution is 2.38. The van der Waals surface area contributed by atoms with Crippen LogP contribution in [0.25, 0.3) is 0 Å². The van der Waals surface area contributed by atoms with Crippen LogP contribution >= 0.6 is 11.8 Å². The van der Waals surface area contributed by atoms with Crippen molar-refractivity contribution in [3.8, 4) is 5.75 Å². The van der Waals surface area contributed by atoms with Crippen molar-refractivity contribution in [2.75, 3.05) is 18.9 Å². The van der Waals surface area contributed by atoms with Gasteiger partial charge in [0.25, 0.3) is 0 Å². The van der Waals surface area contributed by atoms with E-state index in [0.29, 0.717) is 31.1 Å². The summed E-state index contributed by atoms with van der Waals surface area (Å²) >= 11 is 1.56. The highest BCUT2D eigenvalue weighted by molar-refractivity contribution is 8.00. The van der Waals surface area contributed by atoms with E-state index >= 15 is 0 Å². The first-order valence-electron chi connectivity index (χ1n) is 9.54. The topological polar surface area (TPSA) is 66.8 Å². The lowest BCUT2D eigenvalue weighted by molar-refractivity contribution is -0.137. The van der Waals surface area contributed by atoms with Gasteiger partial charge >= 0.3 is 5.97 Å². The second-order valence-corrected chi connectivity index (χ2v) is 8.05. The molecule has 2 aromatic rings. The molecule has 2 aromatic carbocycles. The Kier molecular flexibility index (Phi) is 7.14. The van der Waals surface area contributed by atoms with E-state index in [4.69, 9.17) is 9.84 Å². The molecule has 0 bridgehead atoms. The Morgan fingerprint density at radius 3 is 2.72 bits per heavy atom. The molecule has 154 valence electrons. The van der Waals surface area contributed by atoms with E-state index in [1.54, 1.807) is 23.9 Å². The molecular weight excluding hydrogens is 393 g/mol. The molecule has 3 rings (SSSR count). The molecule has 0 saturated carbocycles. The number of benzene rings is 2. The molecule has 0 spiro atoms.